The molecule has 0 amide bonds. The van der Waals surface area contributed by atoms with Gasteiger partial charge in [0.2, 0.25) is 0 Å². The summed E-state index contributed by atoms with van der Waals surface area (Å²) in [5, 5.41) is 4.19. The molecule has 0 bridgehead atoms. The fourth-order valence-corrected chi connectivity index (χ4v) is 6.29. The van der Waals surface area contributed by atoms with Gasteiger partial charge in [0.15, 0.2) is 0 Å². The van der Waals surface area contributed by atoms with Gasteiger partial charge in [-0.05, 0) is 37.2 Å². The maximum atomic E-state index is 11.4. The van der Waals surface area contributed by atoms with Crippen LogP contribution >= 0.6 is 7.92 Å². The van der Waals surface area contributed by atoms with Crippen molar-refractivity contribution >= 4 is 36.1 Å². The molecule has 0 aromatic heterocycles. The van der Waals surface area contributed by atoms with Crippen LogP contribution in [0.15, 0.2) is 91.0 Å². The normalized spacial score (nSPS) is 15.0. The molecular weight excluding hydrogens is 539 g/mol. The van der Waals surface area contributed by atoms with Crippen LogP contribution in [-0.2, 0) is 40.7 Å². The third-order valence-electron chi connectivity index (χ3n) is 5.55. The summed E-state index contributed by atoms with van der Waals surface area (Å²) in [6.07, 6.45) is 5.54. The molecule has 1 saturated carbocycles. The molecule has 1 aliphatic carbocycles. The molecule has 0 aliphatic heterocycles. The predicted molar refractivity (Wildman–Crippen MR) is 147 cm³/mol. The maximum absolute atomic E-state index is 11.4. The number of hydrogen-bond donors (Lipinski definition) is 0. The molecule has 2 unspecified atom stereocenters. The van der Waals surface area contributed by atoms with Crippen LogP contribution in [0, 0.1) is 32.6 Å². The van der Waals surface area contributed by atoms with E-state index >= 15 is 0 Å². The summed E-state index contributed by atoms with van der Waals surface area (Å²) in [5.74, 6) is -0.686. The van der Waals surface area contributed by atoms with Crippen molar-refractivity contribution < 1.29 is 40.7 Å². The van der Waals surface area contributed by atoms with Gasteiger partial charge in [-0.3, -0.25) is 11.1 Å². The fourth-order valence-electron chi connectivity index (χ4n) is 3.98. The molecule has 5 nitrogen and oxygen atoms in total. The van der Waals surface area contributed by atoms with E-state index in [2.05, 4.69) is 104 Å². The Morgan fingerprint density at radius 3 is 1.53 bits per heavy atom. The second kappa shape index (κ2) is 23.4. The molecule has 38 heavy (non-hydrogen) atoms. The summed E-state index contributed by atoms with van der Waals surface area (Å²) in [7, 11) is -0.446. The molecule has 3 aromatic rings. The third kappa shape index (κ3) is 12.2. The smallest absolute Gasteiger partial charge is 0.358 e. The summed E-state index contributed by atoms with van der Waals surface area (Å²) in [5.41, 5.74) is 0. The van der Waals surface area contributed by atoms with Crippen LogP contribution in [0.3, 0.4) is 0 Å². The van der Waals surface area contributed by atoms with E-state index in [4.69, 9.17) is 14.0 Å². The zero-order chi connectivity index (χ0) is 26.6. The molecule has 3 aromatic carbocycles. The van der Waals surface area contributed by atoms with E-state index in [0.29, 0.717) is 6.61 Å². The summed E-state index contributed by atoms with van der Waals surface area (Å²) in [6.45, 7) is 11.2. The standard InChI is InChI=1S/C18H15P.C10H15O3.2CO.CH3.Fe/c1-4-10-16(11-5-1)19(17-12-6-2-7-13-17)18-14-8-3-9-15-18;1-2-13-10(12)9-6-4-3-5-8(9)7-11;2*1-2;;/h1-15H;8-9H,2-6H2,1H3;;;1H3;/q;-1;;;-1;+2. The molecule has 0 N–H and O–H groups in total. The van der Waals surface area contributed by atoms with Crippen molar-refractivity contribution in [1.29, 1.82) is 0 Å². The van der Waals surface area contributed by atoms with Crippen molar-refractivity contribution in [2.45, 2.75) is 32.6 Å². The quantitative estimate of drug-likeness (QED) is 0.133. The van der Waals surface area contributed by atoms with E-state index in [-0.39, 0.29) is 42.3 Å². The number of benzene rings is 3. The Morgan fingerprint density at radius 1 is 0.816 bits per heavy atom. The third-order valence-corrected chi connectivity index (χ3v) is 7.99. The topological polar surface area (TPSA) is 83.2 Å². The molecule has 1 fully saturated rings. The van der Waals surface area contributed by atoms with Crippen LogP contribution in [0.25, 0.3) is 0 Å². The van der Waals surface area contributed by atoms with E-state index in [0.717, 1.165) is 25.7 Å². The van der Waals surface area contributed by atoms with Gasteiger partial charge in [-0.1, -0.05) is 110 Å². The minimum absolute atomic E-state index is 0. The second-order valence-corrected chi connectivity index (χ2v) is 9.93. The number of esters is 1. The Hall–Kier alpha value is -2.77. The number of rotatable bonds is 6. The fraction of sp³-hybridized carbons (Fsp3) is 0.258. The second-order valence-electron chi connectivity index (χ2n) is 7.71. The minimum Gasteiger partial charge on any atom is -0.358 e. The maximum Gasteiger partial charge on any atom is 2.00 e. The predicted octanol–water partition coefficient (Wildman–Crippen LogP) is 5.28. The van der Waals surface area contributed by atoms with Crippen molar-refractivity contribution in [2.75, 3.05) is 6.61 Å². The number of ether oxygens (including phenoxy) is 1. The first kappa shape index (κ1) is 37.4. The van der Waals surface area contributed by atoms with Gasteiger partial charge in [0.05, 0.1) is 6.61 Å². The molecule has 0 spiro atoms. The van der Waals surface area contributed by atoms with Gasteiger partial charge in [-0.2, -0.15) is 0 Å². The van der Waals surface area contributed by atoms with Crippen molar-refractivity contribution in [3.63, 3.8) is 0 Å². The summed E-state index contributed by atoms with van der Waals surface area (Å²) in [6, 6.07) is 32.3. The monoisotopic (exact) mass is 572 g/mol. The van der Waals surface area contributed by atoms with Gasteiger partial charge < -0.3 is 17.0 Å². The van der Waals surface area contributed by atoms with Crippen LogP contribution in [0.1, 0.15) is 32.6 Å². The molecule has 0 saturated heterocycles. The van der Waals surface area contributed by atoms with E-state index in [1.165, 1.54) is 15.9 Å². The van der Waals surface area contributed by atoms with Gasteiger partial charge in [-0.25, -0.2) is 0 Å². The van der Waals surface area contributed by atoms with Gasteiger partial charge in [0.1, 0.15) is 0 Å². The van der Waals surface area contributed by atoms with E-state index in [1.807, 2.05) is 6.29 Å². The van der Waals surface area contributed by atoms with E-state index < -0.39 is 7.92 Å². The summed E-state index contributed by atoms with van der Waals surface area (Å²) in [4.78, 5) is 21.9. The Morgan fingerprint density at radius 2 is 1.18 bits per heavy atom. The minimum atomic E-state index is -0.446. The van der Waals surface area contributed by atoms with Crippen LogP contribution in [0.2, 0.25) is 0 Å². The zero-order valence-corrected chi connectivity index (χ0v) is 23.7. The average Bonchev–Trinajstić information content (AvgIpc) is 2.97. The molecule has 4 rings (SSSR count). The summed E-state index contributed by atoms with van der Waals surface area (Å²) < 4.78 is 19.9. The first-order valence-corrected chi connectivity index (χ1v) is 13.0. The van der Waals surface area contributed by atoms with Crippen LogP contribution in [0.4, 0.5) is 0 Å². The van der Waals surface area contributed by atoms with Crippen LogP contribution < -0.4 is 15.9 Å². The van der Waals surface area contributed by atoms with Crippen molar-refractivity contribution in [3.05, 3.63) is 112 Å². The van der Waals surface area contributed by atoms with Gasteiger partial charge in [0.25, 0.3) is 0 Å². The molecular formula is C31H33FeO5P. The van der Waals surface area contributed by atoms with Crippen molar-refractivity contribution in [1.82, 2.24) is 0 Å². The van der Waals surface area contributed by atoms with Crippen molar-refractivity contribution in [2.24, 2.45) is 11.8 Å². The van der Waals surface area contributed by atoms with E-state index in [9.17, 15) is 9.59 Å². The van der Waals surface area contributed by atoms with Crippen molar-refractivity contribution in [3.8, 4) is 0 Å². The van der Waals surface area contributed by atoms with Crippen LogP contribution in [0.5, 0.6) is 0 Å². The number of carbonyl (C=O) groups excluding carboxylic acids is 2. The molecule has 1 aliphatic rings. The first-order chi connectivity index (χ1) is 17.7. The SMILES string of the molecule is CCOC(=O)C1CCCCC1[C-]=O.[C-]#[O+].[C-]#[O+].[CH3-].[Fe+2].c1ccc(P(c2ccccc2)c2ccccc2)cc1. The van der Waals surface area contributed by atoms with E-state index in [1.54, 1.807) is 6.92 Å². The zero-order valence-electron chi connectivity index (χ0n) is 21.7. The number of carbonyl (C=O) groups is 1. The number of hydrogen-bond acceptors (Lipinski definition) is 3. The Bertz CT molecular complexity index is 942. The van der Waals surface area contributed by atoms with Gasteiger partial charge in [-0.15, -0.1) is 5.92 Å². The van der Waals surface area contributed by atoms with Gasteiger partial charge >= 0.3 is 45.6 Å². The first-order valence-electron chi connectivity index (χ1n) is 11.6. The Balaban J connectivity index is 0. The van der Waals surface area contributed by atoms with Crippen LogP contribution in [-0.4, -0.2) is 18.9 Å². The Labute approximate surface area is 239 Å². The molecule has 0 heterocycles. The largest absolute Gasteiger partial charge is 2.00 e. The Kier molecular flexibility index (Phi) is 23.0. The summed E-state index contributed by atoms with van der Waals surface area (Å²) >= 11 is 0. The van der Waals surface area contributed by atoms with Gasteiger partial charge in [0, 0.05) is 5.92 Å². The molecule has 0 radical (unpaired) electrons. The molecule has 2 atom stereocenters. The average molecular weight is 572 g/mol. The molecule has 7 heteroatoms. The molecule has 200 valence electrons.